The van der Waals surface area contributed by atoms with Gasteiger partial charge in [-0.25, -0.2) is 4.39 Å². The van der Waals surface area contributed by atoms with Crippen LogP contribution in [0.4, 0.5) is 4.39 Å². The van der Waals surface area contributed by atoms with E-state index in [0.717, 1.165) is 0 Å². The Bertz CT molecular complexity index is 851. The Morgan fingerprint density at radius 3 is 2.71 bits per heavy atom. The molecule has 0 aliphatic carbocycles. The lowest BCUT2D eigenvalue weighted by atomic mass is 10.1. The molecule has 2 heterocycles. The summed E-state index contributed by atoms with van der Waals surface area (Å²) in [5.41, 5.74) is 5.75. The second-order valence-corrected chi connectivity index (χ2v) is 6.06. The van der Waals surface area contributed by atoms with Crippen molar-refractivity contribution in [3.05, 3.63) is 45.7 Å². The predicted octanol–water partition coefficient (Wildman–Crippen LogP) is 1.20. The maximum absolute atomic E-state index is 14.4. The predicted molar refractivity (Wildman–Crippen MR) is 83.8 cm³/mol. The lowest BCUT2D eigenvalue weighted by Crippen LogP contribution is -2.53. The molecule has 2 aromatic rings. The van der Waals surface area contributed by atoms with Crippen LogP contribution in [0.5, 0.6) is 0 Å². The molecule has 3 rings (SSSR count). The molecule has 24 heavy (non-hydrogen) atoms. The first-order valence-electron chi connectivity index (χ1n) is 7.24. The smallest absolute Gasteiger partial charge is 0.258 e. The SMILES string of the molecule is Cc1ccc(C(=O)N2Cc3nnc(C)n3CC2C(N)=O)c(F)c1Cl. The number of fused-ring (bicyclic) bond motifs is 1. The number of nitrogens with two attached hydrogens (primary N) is 1. The van der Waals surface area contributed by atoms with E-state index >= 15 is 0 Å². The third-order valence-electron chi connectivity index (χ3n) is 4.15. The average Bonchev–Trinajstić information content (AvgIpc) is 2.91. The molecule has 1 aliphatic heterocycles. The molecule has 126 valence electrons. The quantitative estimate of drug-likeness (QED) is 0.879. The highest BCUT2D eigenvalue weighted by Gasteiger charge is 2.36. The molecule has 0 fully saturated rings. The van der Waals surface area contributed by atoms with Gasteiger partial charge in [-0.05, 0) is 25.5 Å². The zero-order valence-electron chi connectivity index (χ0n) is 13.1. The number of aromatic nitrogens is 3. The fourth-order valence-corrected chi connectivity index (χ4v) is 2.90. The summed E-state index contributed by atoms with van der Waals surface area (Å²) in [6, 6.07) is 1.98. The van der Waals surface area contributed by atoms with E-state index in [4.69, 9.17) is 17.3 Å². The van der Waals surface area contributed by atoms with E-state index in [-0.39, 0.29) is 23.7 Å². The zero-order chi connectivity index (χ0) is 17.6. The molecule has 0 saturated heterocycles. The summed E-state index contributed by atoms with van der Waals surface area (Å²) in [7, 11) is 0. The lowest BCUT2D eigenvalue weighted by molar-refractivity contribution is -0.123. The topological polar surface area (TPSA) is 94.1 Å². The number of rotatable bonds is 2. The molecule has 0 spiro atoms. The van der Waals surface area contributed by atoms with E-state index in [1.165, 1.54) is 11.0 Å². The van der Waals surface area contributed by atoms with Crippen LogP contribution in [0.1, 0.15) is 27.6 Å². The number of hydrogen-bond acceptors (Lipinski definition) is 4. The van der Waals surface area contributed by atoms with Gasteiger partial charge in [0.15, 0.2) is 11.6 Å². The summed E-state index contributed by atoms with van der Waals surface area (Å²) in [6.45, 7) is 3.53. The van der Waals surface area contributed by atoms with Crippen molar-refractivity contribution >= 4 is 23.4 Å². The molecule has 1 atom stereocenters. The van der Waals surface area contributed by atoms with Gasteiger partial charge in [-0.3, -0.25) is 9.59 Å². The van der Waals surface area contributed by atoms with E-state index in [9.17, 15) is 14.0 Å². The highest BCUT2D eigenvalue weighted by Crippen LogP contribution is 2.26. The van der Waals surface area contributed by atoms with Crippen molar-refractivity contribution in [3.63, 3.8) is 0 Å². The molecule has 1 aromatic carbocycles. The second kappa shape index (κ2) is 5.86. The summed E-state index contributed by atoms with van der Waals surface area (Å²) >= 11 is 5.89. The molecular weight excluding hydrogens is 337 g/mol. The molecule has 9 heteroatoms. The number of halogens is 2. The van der Waals surface area contributed by atoms with Gasteiger partial charge in [0.25, 0.3) is 5.91 Å². The molecule has 2 N–H and O–H groups in total. The van der Waals surface area contributed by atoms with Crippen molar-refractivity contribution in [1.29, 1.82) is 0 Å². The van der Waals surface area contributed by atoms with Gasteiger partial charge in [-0.2, -0.15) is 0 Å². The first kappa shape index (κ1) is 16.4. The van der Waals surface area contributed by atoms with Gasteiger partial charge in [0.1, 0.15) is 11.9 Å². The molecule has 7 nitrogen and oxygen atoms in total. The van der Waals surface area contributed by atoms with Crippen LogP contribution >= 0.6 is 11.6 Å². The lowest BCUT2D eigenvalue weighted by Gasteiger charge is -2.34. The number of nitrogens with zero attached hydrogens (tertiary/aromatic N) is 4. The molecule has 2 amide bonds. The van der Waals surface area contributed by atoms with Gasteiger partial charge >= 0.3 is 0 Å². The van der Waals surface area contributed by atoms with Crippen LogP contribution in [0.25, 0.3) is 0 Å². The Balaban J connectivity index is 2.02. The van der Waals surface area contributed by atoms with Crippen molar-refractivity contribution in [3.8, 4) is 0 Å². The number of primary amides is 1. The zero-order valence-corrected chi connectivity index (χ0v) is 13.8. The van der Waals surface area contributed by atoms with E-state index < -0.39 is 23.7 Å². The third-order valence-corrected chi connectivity index (χ3v) is 4.61. The monoisotopic (exact) mass is 351 g/mol. The highest BCUT2D eigenvalue weighted by atomic mass is 35.5. The van der Waals surface area contributed by atoms with Crippen LogP contribution in [0.2, 0.25) is 5.02 Å². The van der Waals surface area contributed by atoms with Crippen molar-refractivity contribution in [2.45, 2.75) is 33.0 Å². The summed E-state index contributed by atoms with van der Waals surface area (Å²) in [5.74, 6) is -1.02. The van der Waals surface area contributed by atoms with E-state index in [2.05, 4.69) is 10.2 Å². The van der Waals surface area contributed by atoms with Crippen molar-refractivity contribution in [2.24, 2.45) is 5.73 Å². The van der Waals surface area contributed by atoms with Gasteiger partial charge in [0.05, 0.1) is 23.7 Å². The maximum atomic E-state index is 14.4. The molecular formula is C15H15ClFN5O2. The Hall–Kier alpha value is -2.48. The Labute approximate surface area is 142 Å². The first-order valence-corrected chi connectivity index (χ1v) is 7.62. The van der Waals surface area contributed by atoms with Gasteiger partial charge < -0.3 is 15.2 Å². The molecule has 0 bridgehead atoms. The minimum absolute atomic E-state index is 0.0121. The first-order chi connectivity index (χ1) is 11.3. The Kier molecular flexibility index (Phi) is 4.00. The Morgan fingerprint density at radius 2 is 2.04 bits per heavy atom. The van der Waals surface area contributed by atoms with Crippen molar-refractivity contribution in [1.82, 2.24) is 19.7 Å². The van der Waals surface area contributed by atoms with E-state index in [0.29, 0.717) is 17.2 Å². The summed E-state index contributed by atoms with van der Waals surface area (Å²) in [4.78, 5) is 25.8. The van der Waals surface area contributed by atoms with Crippen LogP contribution in [-0.2, 0) is 17.9 Å². The Morgan fingerprint density at radius 1 is 1.33 bits per heavy atom. The van der Waals surface area contributed by atoms with Gasteiger partial charge in [-0.15, -0.1) is 10.2 Å². The minimum Gasteiger partial charge on any atom is -0.368 e. The largest absolute Gasteiger partial charge is 0.368 e. The second-order valence-electron chi connectivity index (χ2n) is 5.68. The van der Waals surface area contributed by atoms with E-state index in [1.54, 1.807) is 24.5 Å². The van der Waals surface area contributed by atoms with Crippen LogP contribution in [0.3, 0.4) is 0 Å². The fraction of sp³-hybridized carbons (Fsp3) is 0.333. The fourth-order valence-electron chi connectivity index (χ4n) is 2.74. The highest BCUT2D eigenvalue weighted by molar-refractivity contribution is 6.31. The number of benzene rings is 1. The van der Waals surface area contributed by atoms with Crippen LogP contribution in [0.15, 0.2) is 12.1 Å². The molecule has 0 saturated carbocycles. The van der Waals surface area contributed by atoms with Gasteiger partial charge in [-0.1, -0.05) is 17.7 Å². The molecule has 1 unspecified atom stereocenters. The summed E-state index contributed by atoms with van der Waals surface area (Å²) in [5, 5.41) is 7.79. The third kappa shape index (κ3) is 2.52. The van der Waals surface area contributed by atoms with Crippen LogP contribution in [-0.4, -0.2) is 37.5 Å². The number of aryl methyl sites for hydroxylation is 2. The number of carbonyl (C=O) groups is 2. The van der Waals surface area contributed by atoms with Gasteiger partial charge in [0.2, 0.25) is 5.91 Å². The number of hydrogen-bond donors (Lipinski definition) is 1. The van der Waals surface area contributed by atoms with Crippen molar-refractivity contribution in [2.75, 3.05) is 0 Å². The maximum Gasteiger partial charge on any atom is 0.258 e. The minimum atomic E-state index is -0.917. The summed E-state index contributed by atoms with van der Waals surface area (Å²) in [6.07, 6.45) is 0. The van der Waals surface area contributed by atoms with Crippen molar-refractivity contribution < 1.29 is 14.0 Å². The average molecular weight is 352 g/mol. The summed E-state index contributed by atoms with van der Waals surface area (Å²) < 4.78 is 16.1. The normalized spacial score (nSPS) is 16.8. The van der Waals surface area contributed by atoms with Crippen LogP contribution < -0.4 is 5.73 Å². The molecule has 0 radical (unpaired) electrons. The van der Waals surface area contributed by atoms with Gasteiger partial charge in [0, 0.05) is 0 Å². The standard InChI is InChI=1S/C15H15ClFN5O2/c1-7-3-4-9(13(17)12(7)16)15(24)22-6-11-20-19-8(2)21(11)5-10(22)14(18)23/h3-4,10H,5-6H2,1-2H3,(H2,18,23). The van der Waals surface area contributed by atoms with Crippen LogP contribution in [0, 0.1) is 19.7 Å². The molecule has 1 aromatic heterocycles. The molecule has 1 aliphatic rings. The number of carbonyl (C=O) groups excluding carboxylic acids is 2. The number of amides is 2. The van der Waals surface area contributed by atoms with E-state index in [1.807, 2.05) is 0 Å².